The quantitative estimate of drug-likeness (QED) is 0.630. The molecule has 1 aliphatic heterocycles. The van der Waals surface area contributed by atoms with E-state index in [1.54, 1.807) is 6.92 Å². The number of hydrogen-bond donors (Lipinski definition) is 0. The number of alkyl halides is 2. The van der Waals surface area contributed by atoms with Crippen molar-refractivity contribution in [2.45, 2.75) is 31.5 Å². The van der Waals surface area contributed by atoms with Gasteiger partial charge in [-0.1, -0.05) is 6.07 Å². The van der Waals surface area contributed by atoms with Crippen LogP contribution in [0.4, 0.5) is 17.6 Å². The molecule has 0 unspecified atom stereocenters. The zero-order chi connectivity index (χ0) is 16.1. The fourth-order valence-corrected chi connectivity index (χ4v) is 2.66. The van der Waals surface area contributed by atoms with Crippen LogP contribution in [0.2, 0.25) is 0 Å². The lowest BCUT2D eigenvalue weighted by molar-refractivity contribution is -0.0905. The standard InChI is InChI=1S/C16H13F4NO/c1-9-3-6-14(21-8-9)16(19,20)15(10(2)22-15)12-5-4-11(17)7-13(12)18/h3-8,10H,1-2H3/t10-,15-/m1/s1. The van der Waals surface area contributed by atoms with Crippen LogP contribution in [0.1, 0.15) is 23.7 Å². The summed E-state index contributed by atoms with van der Waals surface area (Å²) in [6, 6.07) is 5.19. The highest BCUT2D eigenvalue weighted by molar-refractivity contribution is 5.37. The number of hydrogen-bond acceptors (Lipinski definition) is 2. The van der Waals surface area contributed by atoms with Gasteiger partial charge in [-0.15, -0.1) is 0 Å². The molecule has 2 nitrogen and oxygen atoms in total. The molecule has 0 bridgehead atoms. The zero-order valence-corrected chi connectivity index (χ0v) is 11.9. The summed E-state index contributed by atoms with van der Waals surface area (Å²) < 4.78 is 61.9. The van der Waals surface area contributed by atoms with Crippen molar-refractivity contribution in [3.05, 3.63) is 65.0 Å². The Bertz CT molecular complexity index is 717. The van der Waals surface area contributed by atoms with Gasteiger partial charge in [-0.2, -0.15) is 8.78 Å². The van der Waals surface area contributed by atoms with E-state index in [1.807, 2.05) is 0 Å². The molecule has 1 aromatic heterocycles. The van der Waals surface area contributed by atoms with Crippen molar-refractivity contribution in [2.24, 2.45) is 0 Å². The molecule has 0 spiro atoms. The topological polar surface area (TPSA) is 25.4 Å². The second-order valence-electron chi connectivity index (χ2n) is 5.42. The summed E-state index contributed by atoms with van der Waals surface area (Å²) in [7, 11) is 0. The molecule has 22 heavy (non-hydrogen) atoms. The molecule has 0 N–H and O–H groups in total. The fourth-order valence-electron chi connectivity index (χ4n) is 2.66. The largest absolute Gasteiger partial charge is 0.354 e. The SMILES string of the molecule is Cc1ccc(C(F)(F)[C@@]2(c3ccc(F)cc3F)O[C@@H]2C)nc1. The number of epoxide rings is 1. The Hall–Kier alpha value is -1.95. The first-order chi connectivity index (χ1) is 10.3. The van der Waals surface area contributed by atoms with Crippen LogP contribution in [0.3, 0.4) is 0 Å². The molecule has 3 rings (SSSR count). The number of rotatable bonds is 3. The molecule has 0 aliphatic carbocycles. The molecule has 116 valence electrons. The Balaban J connectivity index is 2.11. The van der Waals surface area contributed by atoms with Gasteiger partial charge >= 0.3 is 5.92 Å². The Labute approximate surface area is 124 Å². The second-order valence-corrected chi connectivity index (χ2v) is 5.42. The van der Waals surface area contributed by atoms with Crippen molar-refractivity contribution >= 4 is 0 Å². The van der Waals surface area contributed by atoms with Crippen molar-refractivity contribution in [2.75, 3.05) is 0 Å². The second kappa shape index (κ2) is 4.78. The fraction of sp³-hybridized carbons (Fsp3) is 0.312. The lowest BCUT2D eigenvalue weighted by Gasteiger charge is -2.25. The number of aromatic nitrogens is 1. The van der Waals surface area contributed by atoms with Crippen LogP contribution in [0.15, 0.2) is 36.5 Å². The first-order valence-electron chi connectivity index (χ1n) is 6.73. The predicted molar refractivity (Wildman–Crippen MR) is 71.5 cm³/mol. The van der Waals surface area contributed by atoms with Crippen molar-refractivity contribution < 1.29 is 22.3 Å². The highest BCUT2D eigenvalue weighted by Gasteiger charge is 2.73. The summed E-state index contributed by atoms with van der Waals surface area (Å²) in [6.07, 6.45) is 0.399. The predicted octanol–water partition coefficient (Wildman–Crippen LogP) is 4.07. The summed E-state index contributed by atoms with van der Waals surface area (Å²) in [5, 5.41) is 0. The summed E-state index contributed by atoms with van der Waals surface area (Å²) in [5.41, 5.74) is -2.31. The van der Waals surface area contributed by atoms with Gasteiger partial charge in [0, 0.05) is 17.8 Å². The number of pyridine rings is 1. The molecule has 1 aromatic carbocycles. The van der Waals surface area contributed by atoms with Gasteiger partial charge in [0.1, 0.15) is 17.3 Å². The van der Waals surface area contributed by atoms with Gasteiger partial charge in [-0.3, -0.25) is 4.98 Å². The van der Waals surface area contributed by atoms with Gasteiger partial charge in [0.2, 0.25) is 0 Å². The zero-order valence-electron chi connectivity index (χ0n) is 11.9. The van der Waals surface area contributed by atoms with E-state index in [2.05, 4.69) is 4.98 Å². The number of nitrogens with zero attached hydrogens (tertiary/aromatic N) is 1. The third-order valence-corrected chi connectivity index (χ3v) is 3.91. The number of ether oxygens (including phenoxy) is 1. The van der Waals surface area contributed by atoms with Gasteiger partial charge < -0.3 is 4.74 Å². The third kappa shape index (κ3) is 2.01. The van der Waals surface area contributed by atoms with Crippen molar-refractivity contribution in [3.8, 4) is 0 Å². The molecule has 2 heterocycles. The van der Waals surface area contributed by atoms with Gasteiger partial charge in [-0.05, 0) is 37.6 Å². The van der Waals surface area contributed by atoms with E-state index < -0.39 is 35.0 Å². The maximum Gasteiger partial charge on any atom is 0.324 e. The monoisotopic (exact) mass is 311 g/mol. The Kier molecular flexibility index (Phi) is 3.25. The van der Waals surface area contributed by atoms with Gasteiger partial charge in [0.15, 0.2) is 5.60 Å². The molecular weight excluding hydrogens is 298 g/mol. The molecule has 1 aliphatic rings. The molecule has 1 fully saturated rings. The Morgan fingerprint density at radius 2 is 1.86 bits per heavy atom. The highest BCUT2D eigenvalue weighted by atomic mass is 19.3. The maximum atomic E-state index is 14.9. The number of aryl methyl sites for hydroxylation is 1. The smallest absolute Gasteiger partial charge is 0.324 e. The minimum absolute atomic E-state index is 0.367. The number of halogens is 4. The molecule has 1 saturated heterocycles. The minimum Gasteiger partial charge on any atom is -0.354 e. The van der Waals surface area contributed by atoms with E-state index >= 15 is 0 Å². The molecule has 2 aromatic rings. The number of benzene rings is 1. The van der Waals surface area contributed by atoms with E-state index in [1.165, 1.54) is 25.3 Å². The van der Waals surface area contributed by atoms with Crippen molar-refractivity contribution in [1.29, 1.82) is 0 Å². The van der Waals surface area contributed by atoms with Crippen LogP contribution in [-0.2, 0) is 16.3 Å². The van der Waals surface area contributed by atoms with E-state index in [0.29, 0.717) is 6.07 Å². The summed E-state index contributed by atoms with van der Waals surface area (Å²) in [6.45, 7) is 3.14. The lowest BCUT2D eigenvalue weighted by Crippen LogP contribution is -2.36. The van der Waals surface area contributed by atoms with Crippen LogP contribution in [0, 0.1) is 18.6 Å². The van der Waals surface area contributed by atoms with Crippen LogP contribution in [0.25, 0.3) is 0 Å². The van der Waals surface area contributed by atoms with E-state index in [-0.39, 0.29) is 5.56 Å². The first kappa shape index (κ1) is 15.0. The maximum absolute atomic E-state index is 14.9. The van der Waals surface area contributed by atoms with E-state index in [4.69, 9.17) is 4.74 Å². The molecule has 0 saturated carbocycles. The minimum atomic E-state index is -3.54. The molecule has 6 heteroatoms. The van der Waals surface area contributed by atoms with Crippen LogP contribution >= 0.6 is 0 Å². The van der Waals surface area contributed by atoms with Gasteiger partial charge in [-0.25, -0.2) is 8.78 Å². The third-order valence-electron chi connectivity index (χ3n) is 3.91. The van der Waals surface area contributed by atoms with E-state index in [0.717, 1.165) is 17.7 Å². The van der Waals surface area contributed by atoms with Crippen molar-refractivity contribution in [3.63, 3.8) is 0 Å². The molecular formula is C16H13F4NO. The average Bonchev–Trinajstić information content (AvgIpc) is 3.12. The van der Waals surface area contributed by atoms with Gasteiger partial charge in [0.25, 0.3) is 0 Å². The molecule has 0 radical (unpaired) electrons. The van der Waals surface area contributed by atoms with Crippen molar-refractivity contribution in [1.82, 2.24) is 4.98 Å². The van der Waals surface area contributed by atoms with E-state index in [9.17, 15) is 17.6 Å². The molecule has 2 atom stereocenters. The highest BCUT2D eigenvalue weighted by Crippen LogP contribution is 2.60. The first-order valence-corrected chi connectivity index (χ1v) is 6.73. The summed E-state index contributed by atoms with van der Waals surface area (Å²) in [4.78, 5) is 3.74. The normalized spacial score (nSPS) is 24.4. The average molecular weight is 311 g/mol. The van der Waals surface area contributed by atoms with Crippen LogP contribution < -0.4 is 0 Å². The van der Waals surface area contributed by atoms with Crippen LogP contribution in [0.5, 0.6) is 0 Å². The van der Waals surface area contributed by atoms with Gasteiger partial charge in [0.05, 0.1) is 6.10 Å². The van der Waals surface area contributed by atoms with Crippen LogP contribution in [-0.4, -0.2) is 11.1 Å². The molecule has 0 amide bonds. The Morgan fingerprint density at radius 1 is 1.18 bits per heavy atom. The lowest BCUT2D eigenvalue weighted by atomic mass is 9.86. The summed E-state index contributed by atoms with van der Waals surface area (Å²) in [5.74, 6) is -5.43. The Morgan fingerprint density at radius 3 is 2.36 bits per heavy atom. The summed E-state index contributed by atoms with van der Waals surface area (Å²) >= 11 is 0.